The van der Waals surface area contributed by atoms with Gasteiger partial charge in [-0.2, -0.15) is 0 Å². The van der Waals surface area contributed by atoms with Crippen molar-refractivity contribution in [1.82, 2.24) is 0 Å². The standard InChI is InChI=1S/C10H11FO2/c1-7(12)10(2,13)8-3-5-9(11)6-4-8/h3-6,13H,1-2H3. The van der Waals surface area contributed by atoms with Gasteiger partial charge in [0.1, 0.15) is 11.4 Å². The van der Waals surface area contributed by atoms with E-state index >= 15 is 0 Å². The van der Waals surface area contributed by atoms with Crippen LogP contribution in [0.3, 0.4) is 0 Å². The molecule has 1 aromatic carbocycles. The maximum Gasteiger partial charge on any atom is 0.165 e. The number of rotatable bonds is 2. The third-order valence-electron chi connectivity index (χ3n) is 2.09. The van der Waals surface area contributed by atoms with Crippen molar-refractivity contribution >= 4 is 5.78 Å². The average molecular weight is 182 g/mol. The zero-order chi connectivity index (χ0) is 10.1. The highest BCUT2D eigenvalue weighted by atomic mass is 19.1. The Morgan fingerprint density at radius 3 is 2.23 bits per heavy atom. The summed E-state index contributed by atoms with van der Waals surface area (Å²) in [6, 6.07) is 5.23. The molecule has 0 spiro atoms. The van der Waals surface area contributed by atoms with Crippen molar-refractivity contribution in [3.05, 3.63) is 35.6 Å². The lowest BCUT2D eigenvalue weighted by Gasteiger charge is -2.19. The van der Waals surface area contributed by atoms with Crippen LogP contribution < -0.4 is 0 Å². The Morgan fingerprint density at radius 1 is 1.38 bits per heavy atom. The summed E-state index contributed by atoms with van der Waals surface area (Å²) in [6.07, 6.45) is 0. The Kier molecular flexibility index (Phi) is 2.48. The summed E-state index contributed by atoms with van der Waals surface area (Å²) < 4.78 is 12.5. The number of carbonyl (C=O) groups is 1. The maximum atomic E-state index is 12.5. The van der Waals surface area contributed by atoms with Crippen LogP contribution in [0.5, 0.6) is 0 Å². The molecule has 1 rings (SSSR count). The van der Waals surface area contributed by atoms with Gasteiger partial charge in [0, 0.05) is 0 Å². The molecular formula is C10H11FO2. The third kappa shape index (κ3) is 1.92. The Labute approximate surface area is 76.0 Å². The van der Waals surface area contributed by atoms with E-state index in [1.54, 1.807) is 0 Å². The van der Waals surface area contributed by atoms with Crippen LogP contribution in [-0.2, 0) is 10.4 Å². The van der Waals surface area contributed by atoms with Crippen LogP contribution in [0.25, 0.3) is 0 Å². The Morgan fingerprint density at radius 2 is 1.85 bits per heavy atom. The molecule has 0 radical (unpaired) electrons. The minimum atomic E-state index is -1.52. The predicted octanol–water partition coefficient (Wildman–Crippen LogP) is 1.62. The van der Waals surface area contributed by atoms with Gasteiger partial charge in [-0.05, 0) is 31.5 Å². The molecule has 0 aromatic heterocycles. The fourth-order valence-electron chi connectivity index (χ4n) is 0.978. The number of hydrogen-bond acceptors (Lipinski definition) is 2. The van der Waals surface area contributed by atoms with E-state index < -0.39 is 5.60 Å². The number of hydrogen-bond donors (Lipinski definition) is 1. The molecule has 1 N–H and O–H groups in total. The van der Waals surface area contributed by atoms with E-state index in [9.17, 15) is 14.3 Å². The van der Waals surface area contributed by atoms with Crippen LogP contribution >= 0.6 is 0 Å². The lowest BCUT2D eigenvalue weighted by molar-refractivity contribution is -0.134. The van der Waals surface area contributed by atoms with E-state index in [0.717, 1.165) is 0 Å². The van der Waals surface area contributed by atoms with Gasteiger partial charge >= 0.3 is 0 Å². The van der Waals surface area contributed by atoms with Crippen molar-refractivity contribution in [2.45, 2.75) is 19.4 Å². The van der Waals surface area contributed by atoms with Gasteiger partial charge in [-0.3, -0.25) is 4.79 Å². The van der Waals surface area contributed by atoms with E-state index in [1.807, 2.05) is 0 Å². The first-order valence-corrected chi connectivity index (χ1v) is 3.94. The van der Waals surface area contributed by atoms with E-state index in [-0.39, 0.29) is 11.6 Å². The first-order valence-electron chi connectivity index (χ1n) is 3.94. The van der Waals surface area contributed by atoms with Gasteiger partial charge in [0.05, 0.1) is 0 Å². The number of aliphatic hydroxyl groups is 1. The van der Waals surface area contributed by atoms with Crippen LogP contribution in [0.1, 0.15) is 19.4 Å². The Hall–Kier alpha value is -1.22. The Balaban J connectivity index is 3.08. The SMILES string of the molecule is CC(=O)C(C)(O)c1ccc(F)cc1. The van der Waals surface area contributed by atoms with Gasteiger partial charge in [0.2, 0.25) is 0 Å². The molecule has 0 saturated heterocycles. The lowest BCUT2D eigenvalue weighted by Crippen LogP contribution is -2.29. The van der Waals surface area contributed by atoms with Crippen LogP contribution in [0.2, 0.25) is 0 Å². The van der Waals surface area contributed by atoms with Crippen molar-refractivity contribution in [1.29, 1.82) is 0 Å². The largest absolute Gasteiger partial charge is 0.378 e. The van der Waals surface area contributed by atoms with Gasteiger partial charge in [0.25, 0.3) is 0 Å². The highest BCUT2D eigenvalue weighted by molar-refractivity contribution is 5.85. The number of Topliss-reactive ketones (excluding diaryl/α,β-unsaturated/α-hetero) is 1. The summed E-state index contributed by atoms with van der Waals surface area (Å²) in [5.41, 5.74) is -1.12. The van der Waals surface area contributed by atoms with Gasteiger partial charge in [0.15, 0.2) is 5.78 Å². The molecule has 0 aliphatic carbocycles. The molecule has 2 nitrogen and oxygen atoms in total. The fraction of sp³-hybridized carbons (Fsp3) is 0.300. The summed E-state index contributed by atoms with van der Waals surface area (Å²) in [4.78, 5) is 11.0. The van der Waals surface area contributed by atoms with Crippen molar-refractivity contribution in [2.24, 2.45) is 0 Å². The quantitative estimate of drug-likeness (QED) is 0.754. The molecule has 70 valence electrons. The molecule has 0 saturated carbocycles. The van der Waals surface area contributed by atoms with Crippen molar-refractivity contribution in [2.75, 3.05) is 0 Å². The molecule has 0 aliphatic rings. The molecule has 3 heteroatoms. The van der Waals surface area contributed by atoms with Crippen LogP contribution in [0, 0.1) is 5.82 Å². The normalized spacial score (nSPS) is 15.1. The molecule has 0 fully saturated rings. The van der Waals surface area contributed by atoms with Gasteiger partial charge in [-0.15, -0.1) is 0 Å². The molecule has 0 bridgehead atoms. The second kappa shape index (κ2) is 3.26. The molecule has 0 aliphatic heterocycles. The summed E-state index contributed by atoms with van der Waals surface area (Å²) in [7, 11) is 0. The van der Waals surface area contributed by atoms with Crippen LogP contribution in [0.15, 0.2) is 24.3 Å². The van der Waals surface area contributed by atoms with Crippen LogP contribution in [-0.4, -0.2) is 10.9 Å². The number of halogens is 1. The molecule has 1 atom stereocenters. The molecule has 1 unspecified atom stereocenters. The number of carbonyl (C=O) groups excluding carboxylic acids is 1. The van der Waals surface area contributed by atoms with E-state index in [2.05, 4.69) is 0 Å². The van der Waals surface area contributed by atoms with Gasteiger partial charge in [-0.1, -0.05) is 12.1 Å². The first kappa shape index (κ1) is 9.86. The highest BCUT2D eigenvalue weighted by Gasteiger charge is 2.28. The lowest BCUT2D eigenvalue weighted by atomic mass is 9.92. The van der Waals surface area contributed by atoms with E-state index in [4.69, 9.17) is 0 Å². The van der Waals surface area contributed by atoms with Crippen molar-refractivity contribution in [3.63, 3.8) is 0 Å². The maximum absolute atomic E-state index is 12.5. The fourth-order valence-corrected chi connectivity index (χ4v) is 0.978. The van der Waals surface area contributed by atoms with Gasteiger partial charge < -0.3 is 5.11 Å². The summed E-state index contributed by atoms with van der Waals surface area (Å²) >= 11 is 0. The molecule has 13 heavy (non-hydrogen) atoms. The smallest absolute Gasteiger partial charge is 0.165 e. The van der Waals surface area contributed by atoms with E-state index in [1.165, 1.54) is 38.1 Å². The third-order valence-corrected chi connectivity index (χ3v) is 2.09. The van der Waals surface area contributed by atoms with E-state index in [0.29, 0.717) is 5.56 Å². The molecule has 1 aromatic rings. The first-order chi connectivity index (χ1) is 5.94. The monoisotopic (exact) mass is 182 g/mol. The van der Waals surface area contributed by atoms with Crippen molar-refractivity contribution in [3.8, 4) is 0 Å². The second-order valence-electron chi connectivity index (χ2n) is 3.14. The zero-order valence-corrected chi connectivity index (χ0v) is 7.54. The predicted molar refractivity (Wildman–Crippen MR) is 46.7 cm³/mol. The van der Waals surface area contributed by atoms with Crippen LogP contribution in [0.4, 0.5) is 4.39 Å². The summed E-state index contributed by atoms with van der Waals surface area (Å²) in [6.45, 7) is 2.69. The highest BCUT2D eigenvalue weighted by Crippen LogP contribution is 2.21. The summed E-state index contributed by atoms with van der Waals surface area (Å²) in [5, 5.41) is 9.68. The molecule has 0 heterocycles. The zero-order valence-electron chi connectivity index (χ0n) is 7.54. The Bertz CT molecular complexity index is 314. The summed E-state index contributed by atoms with van der Waals surface area (Å²) in [5.74, 6) is -0.748. The molecule has 0 amide bonds. The topological polar surface area (TPSA) is 37.3 Å². The van der Waals surface area contributed by atoms with Gasteiger partial charge in [-0.25, -0.2) is 4.39 Å². The minimum absolute atomic E-state index is 0.362. The second-order valence-corrected chi connectivity index (χ2v) is 3.14. The minimum Gasteiger partial charge on any atom is -0.378 e. The average Bonchev–Trinajstić information content (AvgIpc) is 2.04. The molecular weight excluding hydrogens is 171 g/mol. The number of ketones is 1. The van der Waals surface area contributed by atoms with Crippen molar-refractivity contribution < 1.29 is 14.3 Å². The number of benzene rings is 1.